The van der Waals surface area contributed by atoms with Crippen molar-refractivity contribution in [2.24, 2.45) is 17.3 Å². The second-order valence-electron chi connectivity index (χ2n) is 12.4. The highest BCUT2D eigenvalue weighted by Crippen LogP contribution is 2.27. The van der Waals surface area contributed by atoms with Crippen LogP contribution in [-0.2, 0) is 16.1 Å². The number of likely N-dealkylation sites (N-methyl/N-ethyl adjacent to an activating group) is 1. The van der Waals surface area contributed by atoms with Gasteiger partial charge in [-0.2, -0.15) is 0 Å². The molecule has 35 heavy (non-hydrogen) atoms. The van der Waals surface area contributed by atoms with Gasteiger partial charge in [0, 0.05) is 43.1 Å². The monoisotopic (exact) mass is 487 g/mol. The minimum absolute atomic E-state index is 0.0457. The zero-order valence-corrected chi connectivity index (χ0v) is 23.7. The van der Waals surface area contributed by atoms with E-state index in [4.69, 9.17) is 4.74 Å². The lowest BCUT2D eigenvalue weighted by Gasteiger charge is -2.41. The Morgan fingerprint density at radius 1 is 1.03 bits per heavy atom. The molecule has 0 radical (unpaired) electrons. The molecule has 2 rings (SSSR count). The molecule has 198 valence electrons. The van der Waals surface area contributed by atoms with E-state index < -0.39 is 0 Å². The Hall–Kier alpha value is -2.08. The molecule has 6 heteroatoms. The Kier molecular flexibility index (Phi) is 10.2. The van der Waals surface area contributed by atoms with Gasteiger partial charge in [-0.05, 0) is 70.8 Å². The summed E-state index contributed by atoms with van der Waals surface area (Å²) in [5.74, 6) is 1.81. The second-order valence-corrected chi connectivity index (χ2v) is 12.4. The van der Waals surface area contributed by atoms with Crippen LogP contribution in [0.2, 0.25) is 0 Å². The van der Waals surface area contributed by atoms with Crippen molar-refractivity contribution in [1.29, 1.82) is 0 Å². The molecule has 0 bridgehead atoms. The number of carbonyl (C=O) groups is 2. The largest absolute Gasteiger partial charge is 0.494 e. The molecule has 1 aromatic rings. The summed E-state index contributed by atoms with van der Waals surface area (Å²) in [7, 11) is 4.12. The Morgan fingerprint density at radius 2 is 1.60 bits per heavy atom. The maximum absolute atomic E-state index is 13.7. The van der Waals surface area contributed by atoms with E-state index in [-0.39, 0.29) is 28.7 Å². The normalized spacial score (nSPS) is 15.6. The number of likely N-dealkylation sites (tertiary alicyclic amines) is 1. The summed E-state index contributed by atoms with van der Waals surface area (Å²) in [6, 6.07) is 8.15. The van der Waals surface area contributed by atoms with Gasteiger partial charge in [-0.1, -0.05) is 46.8 Å². The van der Waals surface area contributed by atoms with E-state index >= 15 is 0 Å². The van der Waals surface area contributed by atoms with Crippen LogP contribution in [0.15, 0.2) is 24.3 Å². The fourth-order valence-electron chi connectivity index (χ4n) is 4.21. The first-order valence-corrected chi connectivity index (χ1v) is 13.2. The summed E-state index contributed by atoms with van der Waals surface area (Å²) in [6.45, 7) is 17.8. The van der Waals surface area contributed by atoms with Gasteiger partial charge in [-0.3, -0.25) is 9.59 Å². The van der Waals surface area contributed by atoms with Crippen LogP contribution in [0, 0.1) is 17.3 Å². The quantitative estimate of drug-likeness (QED) is 0.463. The second kappa shape index (κ2) is 12.2. The molecule has 6 nitrogen and oxygen atoms in total. The number of amides is 2. The maximum atomic E-state index is 13.7. The van der Waals surface area contributed by atoms with Gasteiger partial charge in [-0.15, -0.1) is 0 Å². The molecule has 0 N–H and O–H groups in total. The first kappa shape index (κ1) is 29.2. The minimum Gasteiger partial charge on any atom is -0.494 e. The van der Waals surface area contributed by atoms with Gasteiger partial charge in [0.05, 0.1) is 6.61 Å². The molecule has 0 aromatic heterocycles. The minimum atomic E-state index is -0.386. The Bertz CT molecular complexity index is 817. The molecular weight excluding hydrogens is 438 g/mol. The molecule has 1 aliphatic rings. The van der Waals surface area contributed by atoms with Crippen LogP contribution >= 0.6 is 0 Å². The summed E-state index contributed by atoms with van der Waals surface area (Å²) >= 11 is 0. The van der Waals surface area contributed by atoms with E-state index in [9.17, 15) is 9.59 Å². The highest BCUT2D eigenvalue weighted by molar-refractivity contribution is 5.83. The van der Waals surface area contributed by atoms with Crippen LogP contribution in [0.5, 0.6) is 5.75 Å². The van der Waals surface area contributed by atoms with Gasteiger partial charge in [0.2, 0.25) is 11.8 Å². The third-order valence-corrected chi connectivity index (χ3v) is 7.13. The fraction of sp³-hybridized carbons (Fsp3) is 0.724. The van der Waals surface area contributed by atoms with Crippen molar-refractivity contribution in [1.82, 2.24) is 14.7 Å². The smallest absolute Gasteiger partial charge is 0.227 e. The third kappa shape index (κ3) is 8.82. The van der Waals surface area contributed by atoms with Crippen molar-refractivity contribution < 1.29 is 14.3 Å². The van der Waals surface area contributed by atoms with E-state index in [1.54, 1.807) is 0 Å². The van der Waals surface area contributed by atoms with E-state index in [2.05, 4.69) is 58.8 Å². The summed E-state index contributed by atoms with van der Waals surface area (Å²) in [6.07, 6.45) is 2.48. The summed E-state index contributed by atoms with van der Waals surface area (Å²) < 4.78 is 5.87. The average Bonchev–Trinajstić information content (AvgIpc) is 2.78. The van der Waals surface area contributed by atoms with Gasteiger partial charge < -0.3 is 19.4 Å². The number of carbonyl (C=O) groups excluding carboxylic acids is 2. The Morgan fingerprint density at radius 3 is 2.09 bits per heavy atom. The lowest BCUT2D eigenvalue weighted by atomic mass is 9.90. The van der Waals surface area contributed by atoms with Gasteiger partial charge in [0.15, 0.2) is 0 Å². The number of ether oxygens (including phenoxy) is 1. The highest BCUT2D eigenvalue weighted by atomic mass is 16.5. The Labute approximate surface area is 214 Å². The van der Waals surface area contributed by atoms with Gasteiger partial charge in [0.25, 0.3) is 0 Å². The predicted octanol–water partition coefficient (Wildman–Crippen LogP) is 5.07. The first-order valence-electron chi connectivity index (χ1n) is 13.2. The molecule has 0 spiro atoms. The van der Waals surface area contributed by atoms with Crippen molar-refractivity contribution in [2.75, 3.05) is 40.3 Å². The number of benzene rings is 1. The molecule has 1 aliphatic heterocycles. The predicted molar refractivity (Wildman–Crippen MR) is 143 cm³/mol. The first-order chi connectivity index (χ1) is 16.2. The van der Waals surface area contributed by atoms with E-state index in [1.165, 1.54) is 0 Å². The van der Waals surface area contributed by atoms with Crippen molar-refractivity contribution in [3.8, 4) is 5.75 Å². The molecule has 2 amide bonds. The van der Waals surface area contributed by atoms with Crippen molar-refractivity contribution in [3.05, 3.63) is 29.8 Å². The molecule has 1 aromatic carbocycles. The molecule has 0 saturated carbocycles. The molecule has 0 unspecified atom stereocenters. The highest BCUT2D eigenvalue weighted by Gasteiger charge is 2.35. The Balaban J connectivity index is 2.09. The summed E-state index contributed by atoms with van der Waals surface area (Å²) in [5.41, 5.74) is 0.561. The molecule has 1 fully saturated rings. The zero-order chi connectivity index (χ0) is 26.4. The lowest BCUT2D eigenvalue weighted by molar-refractivity contribution is -0.145. The summed E-state index contributed by atoms with van der Waals surface area (Å²) in [4.78, 5) is 32.5. The van der Waals surface area contributed by atoms with Crippen LogP contribution in [0.3, 0.4) is 0 Å². The van der Waals surface area contributed by atoms with Crippen LogP contribution in [0.1, 0.15) is 73.3 Å². The van der Waals surface area contributed by atoms with Crippen molar-refractivity contribution in [3.63, 3.8) is 0 Å². The number of hydrogen-bond donors (Lipinski definition) is 0. The third-order valence-electron chi connectivity index (χ3n) is 7.13. The number of hydrogen-bond acceptors (Lipinski definition) is 4. The van der Waals surface area contributed by atoms with Gasteiger partial charge in [0.1, 0.15) is 5.75 Å². The number of piperidine rings is 1. The molecule has 0 aliphatic carbocycles. The van der Waals surface area contributed by atoms with Gasteiger partial charge >= 0.3 is 0 Å². The average molecular weight is 488 g/mol. The van der Waals surface area contributed by atoms with E-state index in [1.807, 2.05) is 42.7 Å². The topological polar surface area (TPSA) is 53.1 Å². The van der Waals surface area contributed by atoms with Crippen LogP contribution in [-0.4, -0.2) is 72.4 Å². The maximum Gasteiger partial charge on any atom is 0.227 e. The molecule has 0 atom stereocenters. The fourth-order valence-corrected chi connectivity index (χ4v) is 4.21. The lowest BCUT2D eigenvalue weighted by Crippen LogP contribution is -2.52. The van der Waals surface area contributed by atoms with Crippen LogP contribution in [0.4, 0.5) is 0 Å². The van der Waals surface area contributed by atoms with Crippen LogP contribution in [0.25, 0.3) is 0 Å². The molecule has 1 heterocycles. The number of rotatable bonds is 10. The number of nitrogens with zero attached hydrogens (tertiary/aromatic N) is 3. The summed E-state index contributed by atoms with van der Waals surface area (Å²) in [5, 5.41) is 0. The standard InChI is InChI=1S/C29H49N3O3/c1-22(2)16-19-35-25-12-10-23(11-13-25)20-32(21-29(6,7)30(8)9)26(33)24-14-17-31(18-15-24)27(34)28(3,4)5/h10-13,22,24H,14-21H2,1-9H3. The van der Waals surface area contributed by atoms with Gasteiger partial charge in [-0.25, -0.2) is 0 Å². The van der Waals surface area contributed by atoms with Crippen molar-refractivity contribution in [2.45, 2.75) is 79.8 Å². The molecular formula is C29H49N3O3. The zero-order valence-electron chi connectivity index (χ0n) is 23.7. The van der Waals surface area contributed by atoms with E-state index in [0.29, 0.717) is 32.1 Å². The van der Waals surface area contributed by atoms with Crippen LogP contribution < -0.4 is 4.74 Å². The molecule has 1 saturated heterocycles. The van der Waals surface area contributed by atoms with E-state index in [0.717, 1.165) is 37.2 Å². The van der Waals surface area contributed by atoms with Crippen molar-refractivity contribution >= 4 is 11.8 Å². The SMILES string of the molecule is CC(C)CCOc1ccc(CN(CC(C)(C)N(C)C)C(=O)C2CCN(C(=O)C(C)(C)C)CC2)cc1.